The summed E-state index contributed by atoms with van der Waals surface area (Å²) < 4.78 is 61.7. The van der Waals surface area contributed by atoms with Crippen LogP contribution in [0.25, 0.3) is 44.3 Å². The molecule has 65 heavy (non-hydrogen) atoms. The summed E-state index contributed by atoms with van der Waals surface area (Å²) in [5.74, 6) is 1.56. The van der Waals surface area contributed by atoms with Gasteiger partial charge in [-0.15, -0.1) is 0 Å². The van der Waals surface area contributed by atoms with Crippen molar-refractivity contribution in [1.29, 1.82) is 0 Å². The van der Waals surface area contributed by atoms with Crippen LogP contribution in [0.15, 0.2) is 109 Å². The van der Waals surface area contributed by atoms with Crippen LogP contribution in [0, 0.1) is 0 Å². The highest BCUT2D eigenvalue weighted by atomic mass is 19.1. The number of nitrogens with zero attached hydrogens (tertiary/aromatic N) is 5. The van der Waals surface area contributed by atoms with E-state index < -0.39 is 13.3 Å². The zero-order chi connectivity index (χ0) is 44.9. The van der Waals surface area contributed by atoms with Gasteiger partial charge in [-0.2, -0.15) is 0 Å². The summed E-state index contributed by atoms with van der Waals surface area (Å²) in [6.45, 7) is 10.5. The largest absolute Gasteiger partial charge is 0.491 e. The molecule has 4 aromatic carbocycles. The van der Waals surface area contributed by atoms with Crippen LogP contribution in [0.1, 0.15) is 0 Å². The average Bonchev–Trinajstić information content (AvgIpc) is 3.36. The van der Waals surface area contributed by atoms with Gasteiger partial charge < -0.3 is 47.9 Å². The number of hydrogen-bond donors (Lipinski definition) is 0. The molecular formula is C51H61F2N5O7. The van der Waals surface area contributed by atoms with Gasteiger partial charge >= 0.3 is 0 Å². The van der Waals surface area contributed by atoms with E-state index in [2.05, 4.69) is 88.5 Å². The third-order valence-corrected chi connectivity index (χ3v) is 11.1. The van der Waals surface area contributed by atoms with Crippen LogP contribution in [0.4, 0.5) is 20.2 Å². The first-order valence-electron chi connectivity index (χ1n) is 22.5. The van der Waals surface area contributed by atoms with Crippen molar-refractivity contribution in [2.24, 2.45) is 0 Å². The highest BCUT2D eigenvalue weighted by Gasteiger charge is 2.15. The second kappa shape index (κ2) is 25.9. The lowest BCUT2D eigenvalue weighted by Crippen LogP contribution is -2.44. The first kappa shape index (κ1) is 47.5. The van der Waals surface area contributed by atoms with Crippen molar-refractivity contribution in [1.82, 2.24) is 14.9 Å². The van der Waals surface area contributed by atoms with E-state index in [1.807, 2.05) is 42.5 Å². The first-order valence-corrected chi connectivity index (χ1v) is 22.5. The Hall–Kier alpha value is -5.48. The molecule has 2 saturated heterocycles. The van der Waals surface area contributed by atoms with Gasteiger partial charge in [0, 0.05) is 72.5 Å². The van der Waals surface area contributed by atoms with E-state index in [1.54, 1.807) is 0 Å². The number of rotatable bonds is 22. The smallest absolute Gasteiger partial charge is 0.120 e. The fourth-order valence-corrected chi connectivity index (χ4v) is 7.47. The Morgan fingerprint density at radius 3 is 1.32 bits per heavy atom. The van der Waals surface area contributed by atoms with Crippen LogP contribution in [0.3, 0.4) is 0 Å². The van der Waals surface area contributed by atoms with E-state index in [0.29, 0.717) is 52.9 Å². The Morgan fingerprint density at radius 1 is 0.462 bits per heavy atom. The zero-order valence-corrected chi connectivity index (χ0v) is 37.4. The molecule has 2 aliphatic heterocycles. The lowest BCUT2D eigenvalue weighted by Gasteiger charge is -2.34. The molecule has 0 radical (unpaired) electrons. The van der Waals surface area contributed by atoms with Crippen molar-refractivity contribution in [3.63, 3.8) is 0 Å². The van der Waals surface area contributed by atoms with Gasteiger partial charge in [-0.05, 0) is 79.8 Å². The average molecular weight is 894 g/mol. The van der Waals surface area contributed by atoms with E-state index in [4.69, 9.17) is 43.1 Å². The summed E-state index contributed by atoms with van der Waals surface area (Å²) in [4.78, 5) is 16.8. The molecule has 0 aliphatic carbocycles. The van der Waals surface area contributed by atoms with Gasteiger partial charge in [-0.1, -0.05) is 36.4 Å². The molecule has 0 atom stereocenters. The molecular weight excluding hydrogens is 833 g/mol. The van der Waals surface area contributed by atoms with Crippen molar-refractivity contribution >= 4 is 33.2 Å². The molecule has 346 valence electrons. The molecule has 12 nitrogen and oxygen atoms in total. The van der Waals surface area contributed by atoms with Crippen molar-refractivity contribution in [3.05, 3.63) is 109 Å². The van der Waals surface area contributed by atoms with Crippen molar-refractivity contribution in [2.75, 3.05) is 149 Å². The molecule has 8 rings (SSSR count). The van der Waals surface area contributed by atoms with Crippen LogP contribution >= 0.6 is 0 Å². The van der Waals surface area contributed by atoms with E-state index in [1.165, 1.54) is 11.4 Å². The summed E-state index contributed by atoms with van der Waals surface area (Å²) in [5, 5.41) is 2.06. The second-order valence-electron chi connectivity index (χ2n) is 15.6. The summed E-state index contributed by atoms with van der Waals surface area (Å²) in [6, 6.07) is 37.3. The third kappa shape index (κ3) is 14.8. The minimum atomic E-state index is -0.470. The normalized spacial score (nSPS) is 14.4. The minimum absolute atomic E-state index is 0.118. The molecule has 14 heteroatoms. The minimum Gasteiger partial charge on any atom is -0.491 e. The molecule has 2 fully saturated rings. The lowest BCUT2D eigenvalue weighted by atomic mass is 10.1. The van der Waals surface area contributed by atoms with Crippen molar-refractivity contribution in [3.8, 4) is 34.0 Å². The molecule has 6 aromatic rings. The van der Waals surface area contributed by atoms with E-state index in [9.17, 15) is 8.78 Å². The highest BCUT2D eigenvalue weighted by Crippen LogP contribution is 2.28. The van der Waals surface area contributed by atoms with Crippen molar-refractivity contribution in [2.45, 2.75) is 0 Å². The van der Waals surface area contributed by atoms with E-state index in [0.717, 1.165) is 108 Å². The fraction of sp³-hybridized carbons (Fsp3) is 0.412. The number of anilines is 2. The highest BCUT2D eigenvalue weighted by molar-refractivity contribution is 5.84. The number of ether oxygens (including phenoxy) is 7. The Bertz CT molecular complexity index is 2310. The number of likely N-dealkylation sites (N-methyl/N-ethyl adjacent to an activating group) is 1. The molecule has 0 N–H and O–H groups in total. The maximum atomic E-state index is 11.9. The van der Waals surface area contributed by atoms with Gasteiger partial charge in [0.05, 0.1) is 88.5 Å². The first-order chi connectivity index (χ1) is 32.1. The predicted molar refractivity (Wildman–Crippen MR) is 253 cm³/mol. The number of alkyl halides is 2. The number of hydrogen-bond acceptors (Lipinski definition) is 12. The molecule has 0 amide bonds. The molecule has 0 unspecified atom stereocenters. The molecule has 0 saturated carbocycles. The van der Waals surface area contributed by atoms with Crippen LogP contribution in [-0.2, 0) is 23.7 Å². The van der Waals surface area contributed by atoms with Crippen LogP contribution < -0.4 is 19.3 Å². The third-order valence-electron chi connectivity index (χ3n) is 11.1. The monoisotopic (exact) mass is 893 g/mol. The standard InChI is InChI=1S/C26H32FN3O3.C25H29FN2O4/c1-29-11-13-30(14-12-29)23-5-2-21(3-6-23)25-8-4-22-20-24(7-9-26(22)28-25)33-19-18-32-17-16-31-15-10-27;26-9-12-29-15-16-31-17-18-32-23-6-8-25-21(19-23)3-7-24(27-25)20-1-4-22(5-2-20)28-10-13-30-14-11-28/h2-9,20H,10-19H2,1H3;1-8,19H,9-18H2. The number of halogens is 2. The Morgan fingerprint density at radius 2 is 0.877 bits per heavy atom. The predicted octanol–water partition coefficient (Wildman–Crippen LogP) is 8.16. The maximum Gasteiger partial charge on any atom is 0.120 e. The van der Waals surface area contributed by atoms with Gasteiger partial charge in [-0.3, -0.25) is 0 Å². The summed E-state index contributed by atoms with van der Waals surface area (Å²) in [5.41, 5.74) is 8.46. The number of benzene rings is 4. The number of pyridine rings is 2. The Labute approximate surface area is 380 Å². The summed E-state index contributed by atoms with van der Waals surface area (Å²) >= 11 is 0. The van der Waals surface area contributed by atoms with Crippen molar-refractivity contribution < 1.29 is 41.9 Å². The molecule has 2 aromatic heterocycles. The number of aromatic nitrogens is 2. The topological polar surface area (TPSA) is 100 Å². The second-order valence-corrected chi connectivity index (χ2v) is 15.6. The number of fused-ring (bicyclic) bond motifs is 2. The van der Waals surface area contributed by atoms with Crippen LogP contribution in [0.5, 0.6) is 11.5 Å². The Balaban J connectivity index is 0.000000194. The van der Waals surface area contributed by atoms with Gasteiger partial charge in [0.25, 0.3) is 0 Å². The molecule has 2 aliphatic rings. The van der Waals surface area contributed by atoms with E-state index in [-0.39, 0.29) is 13.2 Å². The van der Waals surface area contributed by atoms with Gasteiger partial charge in [0.2, 0.25) is 0 Å². The van der Waals surface area contributed by atoms with Gasteiger partial charge in [-0.25, -0.2) is 18.7 Å². The maximum absolute atomic E-state index is 11.9. The van der Waals surface area contributed by atoms with Gasteiger partial charge in [0.1, 0.15) is 38.1 Å². The van der Waals surface area contributed by atoms with Crippen LogP contribution in [-0.4, -0.2) is 154 Å². The Kier molecular flexibility index (Phi) is 18.9. The number of piperazine rings is 1. The number of morpholine rings is 1. The van der Waals surface area contributed by atoms with E-state index >= 15 is 0 Å². The SMILES string of the molecule is CN1CCN(c2ccc(-c3ccc4cc(OCCOCCOCCF)ccc4n3)cc2)CC1.FCCOCCOCCOc1ccc2nc(-c3ccc(N4CCOCC4)cc3)ccc2c1. The molecule has 0 bridgehead atoms. The summed E-state index contributed by atoms with van der Waals surface area (Å²) in [7, 11) is 2.17. The van der Waals surface area contributed by atoms with Gasteiger partial charge in [0.15, 0.2) is 0 Å². The summed E-state index contributed by atoms with van der Waals surface area (Å²) in [6.07, 6.45) is 0. The molecule has 4 heterocycles. The zero-order valence-electron chi connectivity index (χ0n) is 37.4. The lowest BCUT2D eigenvalue weighted by molar-refractivity contribution is 0.0325. The van der Waals surface area contributed by atoms with Crippen LogP contribution in [0.2, 0.25) is 0 Å². The quantitative estimate of drug-likeness (QED) is 0.0616. The molecule has 0 spiro atoms. The fourth-order valence-electron chi connectivity index (χ4n) is 7.47.